The highest BCUT2D eigenvalue weighted by Crippen LogP contribution is 2.12. The predicted octanol–water partition coefficient (Wildman–Crippen LogP) is 3.08. The van der Waals surface area contributed by atoms with Crippen molar-refractivity contribution < 1.29 is 0 Å². The van der Waals surface area contributed by atoms with Crippen LogP contribution < -0.4 is 15.8 Å². The van der Waals surface area contributed by atoms with Gasteiger partial charge in [0.2, 0.25) is 0 Å². The van der Waals surface area contributed by atoms with Gasteiger partial charge >= 0.3 is 0 Å². The van der Waals surface area contributed by atoms with Crippen molar-refractivity contribution in [3.05, 3.63) is 100.0 Å². The SMILES string of the molecule is CN(C)c1ccc(Cn2cccc(C(=N)NCc3ccccc3)c2=O)cc1. The average molecular weight is 360 g/mol. The monoisotopic (exact) mass is 360 g/mol. The number of benzene rings is 2. The van der Waals surface area contributed by atoms with E-state index < -0.39 is 0 Å². The lowest BCUT2D eigenvalue weighted by Crippen LogP contribution is -2.32. The zero-order chi connectivity index (χ0) is 19.2. The number of rotatable bonds is 6. The third-order valence-corrected chi connectivity index (χ3v) is 4.41. The number of aromatic nitrogens is 1. The third kappa shape index (κ3) is 4.64. The fourth-order valence-electron chi connectivity index (χ4n) is 2.83. The molecule has 0 atom stereocenters. The summed E-state index contributed by atoms with van der Waals surface area (Å²) in [7, 11) is 3.99. The fraction of sp³-hybridized carbons (Fsp3) is 0.182. The molecule has 2 aromatic carbocycles. The number of pyridine rings is 1. The van der Waals surface area contributed by atoms with Gasteiger partial charge in [0.25, 0.3) is 5.56 Å². The molecule has 0 aliphatic rings. The second-order valence-corrected chi connectivity index (χ2v) is 6.63. The third-order valence-electron chi connectivity index (χ3n) is 4.41. The standard InChI is InChI=1S/C22H24N4O/c1-25(2)19-12-10-18(11-13-19)16-26-14-6-9-20(22(26)27)21(23)24-15-17-7-4-3-5-8-17/h3-14H,15-16H2,1-2H3,(H2,23,24). The van der Waals surface area contributed by atoms with Crippen molar-refractivity contribution in [1.29, 1.82) is 5.41 Å². The Morgan fingerprint density at radius 3 is 2.33 bits per heavy atom. The molecule has 0 bridgehead atoms. The maximum atomic E-state index is 12.8. The van der Waals surface area contributed by atoms with E-state index in [1.807, 2.05) is 79.7 Å². The van der Waals surface area contributed by atoms with E-state index in [1.165, 1.54) is 0 Å². The first kappa shape index (κ1) is 18.5. The Morgan fingerprint density at radius 2 is 1.67 bits per heavy atom. The highest BCUT2D eigenvalue weighted by Gasteiger charge is 2.09. The summed E-state index contributed by atoms with van der Waals surface area (Å²) in [6.07, 6.45) is 1.76. The smallest absolute Gasteiger partial charge is 0.261 e. The largest absolute Gasteiger partial charge is 0.378 e. The van der Waals surface area contributed by atoms with Crippen LogP contribution in [-0.2, 0) is 13.1 Å². The van der Waals surface area contributed by atoms with Gasteiger partial charge in [-0.2, -0.15) is 0 Å². The number of amidine groups is 1. The molecule has 0 fully saturated rings. The van der Waals surface area contributed by atoms with Gasteiger partial charge < -0.3 is 14.8 Å². The van der Waals surface area contributed by atoms with Crippen LogP contribution in [0.2, 0.25) is 0 Å². The van der Waals surface area contributed by atoms with Crippen LogP contribution in [0.4, 0.5) is 5.69 Å². The molecular formula is C22H24N4O. The van der Waals surface area contributed by atoms with E-state index in [0.29, 0.717) is 18.7 Å². The average Bonchev–Trinajstić information content (AvgIpc) is 2.69. The summed E-state index contributed by atoms with van der Waals surface area (Å²) in [6, 6.07) is 21.5. The minimum atomic E-state index is -0.167. The lowest BCUT2D eigenvalue weighted by Gasteiger charge is -2.14. The van der Waals surface area contributed by atoms with Crippen LogP contribution in [0.15, 0.2) is 77.7 Å². The van der Waals surface area contributed by atoms with Crippen LogP contribution >= 0.6 is 0 Å². The van der Waals surface area contributed by atoms with E-state index in [2.05, 4.69) is 5.32 Å². The normalized spacial score (nSPS) is 10.4. The van der Waals surface area contributed by atoms with Crippen molar-refractivity contribution in [2.75, 3.05) is 19.0 Å². The van der Waals surface area contributed by atoms with Gasteiger partial charge in [0.05, 0.1) is 12.1 Å². The molecule has 0 unspecified atom stereocenters. The number of anilines is 1. The van der Waals surface area contributed by atoms with Crippen molar-refractivity contribution in [2.45, 2.75) is 13.1 Å². The minimum Gasteiger partial charge on any atom is -0.378 e. The zero-order valence-corrected chi connectivity index (χ0v) is 15.6. The van der Waals surface area contributed by atoms with E-state index >= 15 is 0 Å². The summed E-state index contributed by atoms with van der Waals surface area (Å²) in [5, 5.41) is 11.3. The first-order chi connectivity index (χ1) is 13.0. The zero-order valence-electron chi connectivity index (χ0n) is 15.6. The minimum absolute atomic E-state index is 0.140. The molecule has 138 valence electrons. The van der Waals surface area contributed by atoms with Crippen molar-refractivity contribution in [3.63, 3.8) is 0 Å². The van der Waals surface area contributed by atoms with Crippen molar-refractivity contribution in [2.24, 2.45) is 0 Å². The van der Waals surface area contributed by atoms with Gasteiger partial charge in [-0.3, -0.25) is 10.2 Å². The molecule has 0 amide bonds. The molecule has 0 aliphatic carbocycles. The molecule has 0 aliphatic heterocycles. The Hall–Kier alpha value is -3.34. The van der Waals surface area contributed by atoms with Gasteiger partial charge in [0.15, 0.2) is 0 Å². The van der Waals surface area contributed by atoms with E-state index in [9.17, 15) is 4.79 Å². The van der Waals surface area contributed by atoms with Crippen LogP contribution in [-0.4, -0.2) is 24.5 Å². The van der Waals surface area contributed by atoms with E-state index in [-0.39, 0.29) is 11.4 Å². The molecule has 27 heavy (non-hydrogen) atoms. The number of nitrogens with zero attached hydrogens (tertiary/aromatic N) is 2. The van der Waals surface area contributed by atoms with Gasteiger partial charge in [-0.05, 0) is 35.4 Å². The van der Waals surface area contributed by atoms with E-state index in [4.69, 9.17) is 5.41 Å². The molecule has 5 nitrogen and oxygen atoms in total. The Bertz CT molecular complexity index is 960. The summed E-state index contributed by atoms with van der Waals surface area (Å²) < 4.78 is 1.64. The van der Waals surface area contributed by atoms with Gasteiger partial charge in [0, 0.05) is 32.5 Å². The Balaban J connectivity index is 1.73. The van der Waals surface area contributed by atoms with Gasteiger partial charge in [-0.25, -0.2) is 0 Å². The van der Waals surface area contributed by atoms with Gasteiger partial charge in [-0.1, -0.05) is 42.5 Å². The summed E-state index contributed by atoms with van der Waals surface area (Å²) >= 11 is 0. The molecular weight excluding hydrogens is 336 g/mol. The highest BCUT2D eigenvalue weighted by atomic mass is 16.1. The molecule has 5 heteroatoms. The lowest BCUT2D eigenvalue weighted by molar-refractivity contribution is 0.755. The Kier molecular flexibility index (Phi) is 5.71. The van der Waals surface area contributed by atoms with Crippen LogP contribution in [0, 0.1) is 5.41 Å². The van der Waals surface area contributed by atoms with Crippen molar-refractivity contribution in [1.82, 2.24) is 9.88 Å². The van der Waals surface area contributed by atoms with Crippen LogP contribution in [0.3, 0.4) is 0 Å². The molecule has 0 saturated carbocycles. The number of hydrogen-bond donors (Lipinski definition) is 2. The number of hydrogen-bond acceptors (Lipinski definition) is 3. The second-order valence-electron chi connectivity index (χ2n) is 6.63. The molecule has 3 rings (SSSR count). The summed E-state index contributed by atoms with van der Waals surface area (Å²) in [5.41, 5.74) is 3.44. The van der Waals surface area contributed by atoms with Crippen LogP contribution in [0.25, 0.3) is 0 Å². The summed E-state index contributed by atoms with van der Waals surface area (Å²) in [4.78, 5) is 14.8. The lowest BCUT2D eigenvalue weighted by atomic mass is 10.2. The quantitative estimate of drug-likeness (QED) is 0.525. The Labute approximate surface area is 159 Å². The van der Waals surface area contributed by atoms with E-state index in [0.717, 1.165) is 16.8 Å². The molecule has 1 aromatic heterocycles. The van der Waals surface area contributed by atoms with Gasteiger partial charge in [0.1, 0.15) is 5.84 Å². The second kappa shape index (κ2) is 8.36. The van der Waals surface area contributed by atoms with Gasteiger partial charge in [-0.15, -0.1) is 0 Å². The topological polar surface area (TPSA) is 61.1 Å². The maximum Gasteiger partial charge on any atom is 0.261 e. The van der Waals surface area contributed by atoms with Crippen molar-refractivity contribution >= 4 is 11.5 Å². The Morgan fingerprint density at radius 1 is 0.963 bits per heavy atom. The van der Waals surface area contributed by atoms with Crippen LogP contribution in [0.5, 0.6) is 0 Å². The molecule has 0 spiro atoms. The maximum absolute atomic E-state index is 12.8. The predicted molar refractivity (Wildman–Crippen MR) is 111 cm³/mol. The molecule has 1 heterocycles. The summed E-state index contributed by atoms with van der Waals surface area (Å²) in [5.74, 6) is 0.140. The first-order valence-electron chi connectivity index (χ1n) is 8.87. The van der Waals surface area contributed by atoms with Crippen LogP contribution in [0.1, 0.15) is 16.7 Å². The molecule has 2 N–H and O–H groups in total. The molecule has 0 saturated heterocycles. The van der Waals surface area contributed by atoms with Crippen molar-refractivity contribution in [3.8, 4) is 0 Å². The molecule has 3 aromatic rings. The fourth-order valence-corrected chi connectivity index (χ4v) is 2.83. The summed E-state index contributed by atoms with van der Waals surface area (Å²) in [6.45, 7) is 0.992. The first-order valence-corrected chi connectivity index (χ1v) is 8.87. The highest BCUT2D eigenvalue weighted by molar-refractivity contribution is 5.95. The molecule has 0 radical (unpaired) electrons. The van der Waals surface area contributed by atoms with E-state index in [1.54, 1.807) is 16.8 Å². The number of nitrogens with one attached hydrogen (secondary N) is 2.